The highest BCUT2D eigenvalue weighted by atomic mass is 32.2. The number of hydrogen-bond donors (Lipinski definition) is 1. The molecule has 2 amide bonds. The molecule has 2 fully saturated rings. The van der Waals surface area contributed by atoms with Gasteiger partial charge in [0.1, 0.15) is 11.2 Å². The van der Waals surface area contributed by atoms with E-state index in [9.17, 15) is 14.0 Å². The van der Waals surface area contributed by atoms with Crippen LogP contribution in [0.4, 0.5) is 15.8 Å². The van der Waals surface area contributed by atoms with Gasteiger partial charge >= 0.3 is 0 Å². The number of nitrogens with zero attached hydrogens (tertiary/aromatic N) is 1. The minimum absolute atomic E-state index is 0.0297. The van der Waals surface area contributed by atoms with Crippen molar-refractivity contribution in [3.8, 4) is 0 Å². The summed E-state index contributed by atoms with van der Waals surface area (Å²) >= 11 is 1.53. The molecular weight excluding hydrogens is 387 g/mol. The zero-order chi connectivity index (χ0) is 20.4. The molecule has 0 bridgehead atoms. The third-order valence-corrected chi connectivity index (χ3v) is 6.95. The van der Waals surface area contributed by atoms with Crippen LogP contribution in [0.2, 0.25) is 0 Å². The van der Waals surface area contributed by atoms with Gasteiger partial charge in [-0.3, -0.25) is 14.5 Å². The van der Waals surface area contributed by atoms with E-state index >= 15 is 0 Å². The minimum Gasteiger partial charge on any atom is -0.326 e. The number of halogens is 1. The third kappa shape index (κ3) is 4.32. The standard InChI is InChI=1S/C23H25FN2O2S/c1-15-7-12-19(13-20(15)24)26-21(27)14-29-23(26)17-8-10-18(11-9-17)25-22(28)16-5-3-2-4-6-16/h7-13,16,23H,2-6,14H2,1H3,(H,25,28). The van der Waals surface area contributed by atoms with E-state index in [0.717, 1.165) is 36.9 Å². The summed E-state index contributed by atoms with van der Waals surface area (Å²) in [5.41, 5.74) is 2.86. The molecule has 1 aliphatic heterocycles. The van der Waals surface area contributed by atoms with Gasteiger partial charge in [0.25, 0.3) is 0 Å². The fraction of sp³-hybridized carbons (Fsp3) is 0.391. The van der Waals surface area contributed by atoms with Crippen LogP contribution in [-0.4, -0.2) is 17.6 Å². The number of amides is 2. The van der Waals surface area contributed by atoms with E-state index in [1.54, 1.807) is 24.0 Å². The van der Waals surface area contributed by atoms with Crippen molar-refractivity contribution in [2.75, 3.05) is 16.0 Å². The summed E-state index contributed by atoms with van der Waals surface area (Å²) in [5, 5.41) is 2.82. The number of hydrogen-bond acceptors (Lipinski definition) is 3. The quantitative estimate of drug-likeness (QED) is 0.728. The van der Waals surface area contributed by atoms with Crippen LogP contribution in [0.25, 0.3) is 0 Å². The van der Waals surface area contributed by atoms with E-state index in [0.29, 0.717) is 17.0 Å². The van der Waals surface area contributed by atoms with Crippen LogP contribution in [0, 0.1) is 18.7 Å². The molecule has 4 rings (SSSR count). The van der Waals surface area contributed by atoms with E-state index in [-0.39, 0.29) is 28.9 Å². The Labute approximate surface area is 174 Å². The predicted octanol–water partition coefficient (Wildman–Crippen LogP) is 5.43. The highest BCUT2D eigenvalue weighted by Gasteiger charge is 2.34. The third-order valence-electron chi connectivity index (χ3n) is 5.74. The van der Waals surface area contributed by atoms with Gasteiger partial charge in [-0.15, -0.1) is 11.8 Å². The van der Waals surface area contributed by atoms with E-state index in [4.69, 9.17) is 0 Å². The van der Waals surface area contributed by atoms with Crippen molar-refractivity contribution in [2.24, 2.45) is 5.92 Å². The average molecular weight is 413 g/mol. The number of aryl methyl sites for hydroxylation is 1. The molecule has 0 aromatic heterocycles. The fourth-order valence-corrected chi connectivity index (χ4v) is 5.20. The van der Waals surface area contributed by atoms with Gasteiger partial charge in [-0.2, -0.15) is 0 Å². The number of thioether (sulfide) groups is 1. The van der Waals surface area contributed by atoms with Gasteiger partial charge in [0.15, 0.2) is 0 Å². The number of benzene rings is 2. The highest BCUT2D eigenvalue weighted by Crippen LogP contribution is 2.42. The topological polar surface area (TPSA) is 49.4 Å². The molecule has 1 saturated heterocycles. The number of rotatable bonds is 4. The Morgan fingerprint density at radius 3 is 2.52 bits per heavy atom. The molecule has 152 valence electrons. The summed E-state index contributed by atoms with van der Waals surface area (Å²) in [7, 11) is 0. The second-order valence-electron chi connectivity index (χ2n) is 7.81. The lowest BCUT2D eigenvalue weighted by molar-refractivity contribution is -0.120. The van der Waals surface area contributed by atoms with Crippen molar-refractivity contribution in [2.45, 2.75) is 44.4 Å². The first-order chi connectivity index (χ1) is 14.0. The lowest BCUT2D eigenvalue weighted by Gasteiger charge is -2.25. The summed E-state index contributed by atoms with van der Waals surface area (Å²) in [6, 6.07) is 12.5. The van der Waals surface area contributed by atoms with Crippen molar-refractivity contribution in [1.29, 1.82) is 0 Å². The van der Waals surface area contributed by atoms with Crippen LogP contribution >= 0.6 is 11.8 Å². The second kappa shape index (κ2) is 8.57. The van der Waals surface area contributed by atoms with Gasteiger partial charge < -0.3 is 5.32 Å². The molecule has 2 aromatic rings. The van der Waals surface area contributed by atoms with Crippen LogP contribution in [0.1, 0.15) is 48.6 Å². The molecule has 1 unspecified atom stereocenters. The number of nitrogens with one attached hydrogen (secondary N) is 1. The highest BCUT2D eigenvalue weighted by molar-refractivity contribution is 8.00. The zero-order valence-electron chi connectivity index (χ0n) is 16.5. The molecular formula is C23H25FN2O2S. The number of carbonyl (C=O) groups is 2. The summed E-state index contributed by atoms with van der Waals surface area (Å²) < 4.78 is 14.0. The molecule has 2 aromatic carbocycles. The Morgan fingerprint density at radius 2 is 1.83 bits per heavy atom. The van der Waals surface area contributed by atoms with E-state index < -0.39 is 0 Å². The maximum absolute atomic E-state index is 14.0. The summed E-state index contributed by atoms with van der Waals surface area (Å²) in [4.78, 5) is 26.6. The van der Waals surface area contributed by atoms with Gasteiger partial charge in [0.05, 0.1) is 5.75 Å². The summed E-state index contributed by atoms with van der Waals surface area (Å²) in [5.74, 6) is 0.225. The van der Waals surface area contributed by atoms with Crippen LogP contribution < -0.4 is 10.2 Å². The fourth-order valence-electron chi connectivity index (χ4n) is 4.02. The van der Waals surface area contributed by atoms with Gasteiger partial charge in [0, 0.05) is 17.3 Å². The van der Waals surface area contributed by atoms with E-state index in [1.165, 1.54) is 24.2 Å². The normalized spacial score (nSPS) is 20.1. The second-order valence-corrected chi connectivity index (χ2v) is 8.88. The Bertz CT molecular complexity index is 910. The molecule has 1 N–H and O–H groups in total. The Balaban J connectivity index is 1.49. The zero-order valence-corrected chi connectivity index (χ0v) is 17.3. The first kappa shape index (κ1) is 20.0. The minimum atomic E-state index is -0.313. The first-order valence-corrected chi connectivity index (χ1v) is 11.2. The molecule has 1 saturated carbocycles. The molecule has 29 heavy (non-hydrogen) atoms. The monoisotopic (exact) mass is 412 g/mol. The SMILES string of the molecule is Cc1ccc(N2C(=O)CSC2c2ccc(NC(=O)C3CCCCC3)cc2)cc1F. The molecule has 1 heterocycles. The van der Waals surface area contributed by atoms with Crippen molar-refractivity contribution in [1.82, 2.24) is 0 Å². The van der Waals surface area contributed by atoms with Crippen molar-refractivity contribution < 1.29 is 14.0 Å². The summed E-state index contributed by atoms with van der Waals surface area (Å²) in [6.45, 7) is 1.71. The van der Waals surface area contributed by atoms with Crippen LogP contribution in [0.3, 0.4) is 0 Å². The largest absolute Gasteiger partial charge is 0.326 e. The van der Waals surface area contributed by atoms with Crippen molar-refractivity contribution in [3.63, 3.8) is 0 Å². The average Bonchev–Trinajstić information content (AvgIpc) is 3.12. The van der Waals surface area contributed by atoms with E-state index in [1.807, 2.05) is 24.3 Å². The van der Waals surface area contributed by atoms with Gasteiger partial charge in [0.2, 0.25) is 11.8 Å². The van der Waals surface area contributed by atoms with Crippen molar-refractivity contribution in [3.05, 3.63) is 59.4 Å². The molecule has 1 aliphatic carbocycles. The number of anilines is 2. The van der Waals surface area contributed by atoms with E-state index in [2.05, 4.69) is 5.32 Å². The van der Waals surface area contributed by atoms with Crippen molar-refractivity contribution >= 4 is 35.0 Å². The lowest BCUT2D eigenvalue weighted by Crippen LogP contribution is -2.28. The maximum atomic E-state index is 14.0. The van der Waals surface area contributed by atoms with Crippen LogP contribution in [-0.2, 0) is 9.59 Å². The smallest absolute Gasteiger partial charge is 0.238 e. The van der Waals surface area contributed by atoms with Gasteiger partial charge in [-0.25, -0.2) is 4.39 Å². The molecule has 2 aliphatic rings. The van der Waals surface area contributed by atoms with Crippen LogP contribution in [0.15, 0.2) is 42.5 Å². The Hall–Kier alpha value is -2.34. The molecule has 6 heteroatoms. The van der Waals surface area contributed by atoms with Gasteiger partial charge in [-0.05, 0) is 55.2 Å². The maximum Gasteiger partial charge on any atom is 0.238 e. The first-order valence-electron chi connectivity index (χ1n) is 10.1. The van der Waals surface area contributed by atoms with Crippen LogP contribution in [0.5, 0.6) is 0 Å². The Morgan fingerprint density at radius 1 is 1.10 bits per heavy atom. The Kier molecular flexibility index (Phi) is 5.90. The van der Waals surface area contributed by atoms with Gasteiger partial charge in [-0.1, -0.05) is 37.5 Å². The molecule has 0 spiro atoms. The lowest BCUT2D eigenvalue weighted by atomic mass is 9.88. The summed E-state index contributed by atoms with van der Waals surface area (Å²) in [6.07, 6.45) is 5.40. The molecule has 1 atom stereocenters. The molecule has 0 radical (unpaired) electrons. The number of carbonyl (C=O) groups excluding carboxylic acids is 2. The molecule has 4 nitrogen and oxygen atoms in total. The predicted molar refractivity (Wildman–Crippen MR) is 115 cm³/mol.